The molecule has 0 saturated heterocycles. The number of nitrogens with one attached hydrogen (secondary N) is 1. The molecule has 0 spiro atoms. The van der Waals surface area contributed by atoms with Crippen molar-refractivity contribution in [3.8, 4) is 11.3 Å². The van der Waals surface area contributed by atoms with Crippen LogP contribution in [0.5, 0.6) is 0 Å². The molecular weight excluding hydrogens is 337 g/mol. The van der Waals surface area contributed by atoms with Gasteiger partial charge in [-0.05, 0) is 42.8 Å². The summed E-state index contributed by atoms with van der Waals surface area (Å²) in [6, 6.07) is 13.8. The van der Waals surface area contributed by atoms with Crippen LogP contribution in [0.1, 0.15) is 16.1 Å². The first kappa shape index (κ1) is 15.5. The van der Waals surface area contributed by atoms with Crippen molar-refractivity contribution in [3.63, 3.8) is 0 Å². The van der Waals surface area contributed by atoms with Crippen LogP contribution in [0, 0.1) is 12.7 Å². The molecule has 25 heavy (non-hydrogen) atoms. The Morgan fingerprint density at radius 1 is 1.16 bits per heavy atom. The van der Waals surface area contributed by atoms with Crippen LogP contribution in [-0.2, 0) is 0 Å². The number of aryl methyl sites for hydroxylation is 1. The van der Waals surface area contributed by atoms with E-state index in [1.54, 1.807) is 28.1 Å². The Labute approximate surface area is 147 Å². The Balaban J connectivity index is 1.67. The van der Waals surface area contributed by atoms with Gasteiger partial charge in [0.2, 0.25) is 0 Å². The zero-order valence-corrected chi connectivity index (χ0v) is 14.2. The summed E-state index contributed by atoms with van der Waals surface area (Å²) >= 11 is 1.39. The van der Waals surface area contributed by atoms with E-state index in [1.807, 2.05) is 31.2 Å². The first-order valence-corrected chi connectivity index (χ1v) is 8.59. The first-order valence-electron chi connectivity index (χ1n) is 7.71. The molecule has 1 N–H and O–H groups in total. The monoisotopic (exact) mass is 351 g/mol. The highest BCUT2D eigenvalue weighted by Crippen LogP contribution is 2.24. The molecule has 0 atom stereocenters. The standard InChI is InChI=1S/C19H14FN3OS/c1-12-4-2-3-5-15(12)21-18(24)17-11-25-19-22-16(10-23(17)19)13-6-8-14(20)9-7-13/h2-11H,1H3,(H,21,24). The lowest BCUT2D eigenvalue weighted by Gasteiger charge is -2.07. The lowest BCUT2D eigenvalue weighted by molar-refractivity contribution is 0.102. The number of hydrogen-bond donors (Lipinski definition) is 1. The fourth-order valence-corrected chi connectivity index (χ4v) is 3.46. The highest BCUT2D eigenvalue weighted by atomic mass is 32.1. The predicted octanol–water partition coefficient (Wildman–Crippen LogP) is 4.76. The number of aromatic nitrogens is 2. The molecule has 2 aromatic carbocycles. The second-order valence-electron chi connectivity index (χ2n) is 5.68. The van der Waals surface area contributed by atoms with Crippen LogP contribution in [0.3, 0.4) is 0 Å². The SMILES string of the molecule is Cc1ccccc1NC(=O)c1csc2nc(-c3ccc(F)cc3)cn12. The fourth-order valence-electron chi connectivity index (χ4n) is 2.61. The Morgan fingerprint density at radius 3 is 2.68 bits per heavy atom. The third kappa shape index (κ3) is 2.92. The van der Waals surface area contributed by atoms with Gasteiger partial charge in [-0.15, -0.1) is 11.3 Å². The van der Waals surface area contributed by atoms with E-state index < -0.39 is 0 Å². The topological polar surface area (TPSA) is 46.4 Å². The summed E-state index contributed by atoms with van der Waals surface area (Å²) in [5.74, 6) is -0.480. The highest BCUT2D eigenvalue weighted by Gasteiger charge is 2.16. The minimum absolute atomic E-state index is 0.191. The normalized spacial score (nSPS) is 11.0. The maximum Gasteiger partial charge on any atom is 0.273 e. The summed E-state index contributed by atoms with van der Waals surface area (Å²) in [5, 5.41) is 4.71. The van der Waals surface area contributed by atoms with Crippen molar-refractivity contribution < 1.29 is 9.18 Å². The Morgan fingerprint density at radius 2 is 1.92 bits per heavy atom. The zero-order valence-electron chi connectivity index (χ0n) is 13.4. The Hall–Kier alpha value is -2.99. The number of para-hydroxylation sites is 1. The number of carbonyl (C=O) groups is 1. The van der Waals surface area contributed by atoms with Crippen LogP contribution < -0.4 is 5.32 Å². The molecule has 6 heteroatoms. The highest BCUT2D eigenvalue weighted by molar-refractivity contribution is 7.15. The molecule has 0 aliphatic heterocycles. The number of halogens is 1. The molecule has 0 fully saturated rings. The van der Waals surface area contributed by atoms with Gasteiger partial charge in [-0.25, -0.2) is 9.37 Å². The zero-order chi connectivity index (χ0) is 17.4. The lowest BCUT2D eigenvalue weighted by atomic mass is 10.2. The van der Waals surface area contributed by atoms with E-state index in [0.29, 0.717) is 16.3 Å². The van der Waals surface area contributed by atoms with Gasteiger partial charge < -0.3 is 5.32 Å². The molecule has 4 nitrogen and oxygen atoms in total. The molecule has 1 amide bonds. The van der Waals surface area contributed by atoms with Crippen molar-refractivity contribution in [1.29, 1.82) is 0 Å². The van der Waals surface area contributed by atoms with Crippen LogP contribution in [0.4, 0.5) is 10.1 Å². The number of anilines is 1. The number of benzene rings is 2. The van der Waals surface area contributed by atoms with Crippen molar-refractivity contribution in [2.45, 2.75) is 6.92 Å². The molecule has 0 aliphatic rings. The third-order valence-electron chi connectivity index (χ3n) is 3.97. The summed E-state index contributed by atoms with van der Waals surface area (Å²) in [4.78, 5) is 17.9. The van der Waals surface area contributed by atoms with Crippen molar-refractivity contribution >= 4 is 27.9 Å². The molecule has 0 radical (unpaired) electrons. The van der Waals surface area contributed by atoms with Crippen molar-refractivity contribution in [3.05, 3.63) is 77.2 Å². The number of hydrogen-bond acceptors (Lipinski definition) is 3. The number of rotatable bonds is 3. The van der Waals surface area contributed by atoms with E-state index in [-0.39, 0.29) is 11.7 Å². The van der Waals surface area contributed by atoms with Gasteiger partial charge in [-0.2, -0.15) is 0 Å². The van der Waals surface area contributed by atoms with Crippen LogP contribution in [0.2, 0.25) is 0 Å². The molecule has 124 valence electrons. The van der Waals surface area contributed by atoms with Crippen molar-refractivity contribution in [2.24, 2.45) is 0 Å². The van der Waals surface area contributed by atoms with Crippen LogP contribution >= 0.6 is 11.3 Å². The van der Waals surface area contributed by atoms with Gasteiger partial charge in [0.15, 0.2) is 4.96 Å². The van der Waals surface area contributed by atoms with Gasteiger partial charge in [-0.1, -0.05) is 18.2 Å². The van der Waals surface area contributed by atoms with Gasteiger partial charge in [0, 0.05) is 22.8 Å². The Kier molecular flexibility index (Phi) is 3.82. The summed E-state index contributed by atoms with van der Waals surface area (Å²) in [6.07, 6.45) is 1.80. The molecule has 0 bridgehead atoms. The minimum Gasteiger partial charge on any atom is -0.320 e. The average molecular weight is 351 g/mol. The summed E-state index contributed by atoms with van der Waals surface area (Å²) in [7, 11) is 0. The van der Waals surface area contributed by atoms with E-state index in [0.717, 1.165) is 16.8 Å². The second-order valence-corrected chi connectivity index (χ2v) is 6.51. The van der Waals surface area contributed by atoms with Crippen LogP contribution in [0.15, 0.2) is 60.1 Å². The smallest absolute Gasteiger partial charge is 0.273 e. The number of nitrogens with zero attached hydrogens (tertiary/aromatic N) is 2. The fraction of sp³-hybridized carbons (Fsp3) is 0.0526. The number of imidazole rings is 1. The molecule has 4 aromatic rings. The number of thiazole rings is 1. The van der Waals surface area contributed by atoms with Crippen molar-refractivity contribution in [1.82, 2.24) is 9.38 Å². The van der Waals surface area contributed by atoms with E-state index in [1.165, 1.54) is 23.5 Å². The average Bonchev–Trinajstić information content (AvgIpc) is 3.18. The Bertz CT molecular complexity index is 1070. The first-order chi connectivity index (χ1) is 12.1. The predicted molar refractivity (Wildman–Crippen MR) is 97.6 cm³/mol. The molecule has 2 heterocycles. The molecule has 0 saturated carbocycles. The molecular formula is C19H14FN3OS. The van der Waals surface area contributed by atoms with Crippen molar-refractivity contribution in [2.75, 3.05) is 5.32 Å². The molecule has 2 aromatic heterocycles. The minimum atomic E-state index is -0.289. The number of carbonyl (C=O) groups excluding carboxylic acids is 1. The third-order valence-corrected chi connectivity index (χ3v) is 4.81. The maximum absolute atomic E-state index is 13.1. The maximum atomic E-state index is 13.1. The summed E-state index contributed by atoms with van der Waals surface area (Å²) < 4.78 is 14.8. The van der Waals surface area contributed by atoms with Crippen LogP contribution in [0.25, 0.3) is 16.2 Å². The van der Waals surface area contributed by atoms with Gasteiger partial charge in [-0.3, -0.25) is 9.20 Å². The largest absolute Gasteiger partial charge is 0.320 e. The van der Waals surface area contributed by atoms with E-state index in [2.05, 4.69) is 10.3 Å². The molecule has 0 aliphatic carbocycles. The van der Waals surface area contributed by atoms with Gasteiger partial charge in [0.25, 0.3) is 5.91 Å². The quantitative estimate of drug-likeness (QED) is 0.578. The van der Waals surface area contributed by atoms with E-state index >= 15 is 0 Å². The van der Waals surface area contributed by atoms with Crippen LogP contribution in [-0.4, -0.2) is 15.3 Å². The number of fused-ring (bicyclic) bond motifs is 1. The number of amides is 1. The van der Waals surface area contributed by atoms with E-state index in [4.69, 9.17) is 0 Å². The lowest BCUT2D eigenvalue weighted by Crippen LogP contribution is -2.14. The van der Waals surface area contributed by atoms with Gasteiger partial charge in [0.05, 0.1) is 5.69 Å². The van der Waals surface area contributed by atoms with Gasteiger partial charge in [0.1, 0.15) is 11.5 Å². The summed E-state index contributed by atoms with van der Waals surface area (Å²) in [5.41, 5.74) is 3.81. The second kappa shape index (κ2) is 6.14. The van der Waals surface area contributed by atoms with E-state index in [9.17, 15) is 9.18 Å². The molecule has 0 unspecified atom stereocenters. The molecule has 4 rings (SSSR count). The summed E-state index contributed by atoms with van der Waals surface area (Å²) in [6.45, 7) is 1.95. The van der Waals surface area contributed by atoms with Gasteiger partial charge >= 0.3 is 0 Å².